The average molecular weight is 323 g/mol. The lowest BCUT2D eigenvalue weighted by Gasteiger charge is -2.09. The lowest BCUT2D eigenvalue weighted by molar-refractivity contribution is -0.132. The van der Waals surface area contributed by atoms with Gasteiger partial charge in [0, 0.05) is 29.8 Å². The number of carbonyl (C=O) groups is 1. The van der Waals surface area contributed by atoms with E-state index in [1.165, 1.54) is 5.56 Å². The Hall–Kier alpha value is -2.82. The van der Waals surface area contributed by atoms with Crippen molar-refractivity contribution in [3.05, 3.63) is 52.9 Å². The van der Waals surface area contributed by atoms with E-state index in [1.54, 1.807) is 10.8 Å². The molecule has 0 spiro atoms. The van der Waals surface area contributed by atoms with Crippen LogP contribution in [0.4, 0.5) is 0 Å². The van der Waals surface area contributed by atoms with Crippen molar-refractivity contribution in [1.29, 1.82) is 0 Å². The van der Waals surface area contributed by atoms with Crippen molar-refractivity contribution in [2.24, 2.45) is 7.05 Å². The largest absolute Gasteiger partial charge is 0.478 e. The first kappa shape index (κ1) is 16.1. The number of hydrogen-bond donors (Lipinski definition) is 1. The van der Waals surface area contributed by atoms with Gasteiger partial charge in [0.25, 0.3) is 0 Å². The summed E-state index contributed by atoms with van der Waals surface area (Å²) in [6.07, 6.45) is 4.21. The van der Waals surface area contributed by atoms with Crippen LogP contribution in [-0.2, 0) is 11.8 Å². The fourth-order valence-electron chi connectivity index (χ4n) is 3.05. The fourth-order valence-corrected chi connectivity index (χ4v) is 3.05. The van der Waals surface area contributed by atoms with Crippen LogP contribution < -0.4 is 0 Å². The Morgan fingerprint density at radius 3 is 2.71 bits per heavy atom. The summed E-state index contributed by atoms with van der Waals surface area (Å²) in [6, 6.07) is 8.36. The summed E-state index contributed by atoms with van der Waals surface area (Å²) in [7, 11) is 1.88. The van der Waals surface area contributed by atoms with Crippen LogP contribution in [0.25, 0.3) is 22.8 Å². The Kier molecular flexibility index (Phi) is 4.01. The zero-order valence-corrected chi connectivity index (χ0v) is 14.4. The molecule has 3 aromatic rings. The van der Waals surface area contributed by atoms with Gasteiger partial charge in [-0.3, -0.25) is 4.68 Å². The van der Waals surface area contributed by atoms with Gasteiger partial charge in [-0.2, -0.15) is 5.10 Å². The smallest absolute Gasteiger partial charge is 0.331 e. The molecule has 0 saturated heterocycles. The van der Waals surface area contributed by atoms with Crippen LogP contribution in [0.2, 0.25) is 0 Å². The minimum absolute atomic E-state index is 0.375. The number of carboxylic acid groups (broad SMARTS) is 1. The summed E-state index contributed by atoms with van der Waals surface area (Å²) >= 11 is 0. The highest BCUT2D eigenvalue weighted by Crippen LogP contribution is 2.27. The maximum Gasteiger partial charge on any atom is 0.331 e. The maximum absolute atomic E-state index is 11.4. The molecule has 0 aliphatic heterocycles. The first-order chi connectivity index (χ1) is 11.4. The zero-order valence-electron chi connectivity index (χ0n) is 14.4. The number of nitrogens with zero attached hydrogens (tertiary/aromatic N) is 3. The normalized spacial score (nSPS) is 12.1. The highest BCUT2D eigenvalue weighted by atomic mass is 16.4. The van der Waals surface area contributed by atoms with Crippen molar-refractivity contribution >= 4 is 22.9 Å². The SMILES string of the molecule is CC/C(=C\c1c(C)nn(C)c1-n1ccc2cc(C)ccc21)C(=O)O. The first-order valence-electron chi connectivity index (χ1n) is 7.98. The van der Waals surface area contributed by atoms with Crippen LogP contribution in [0.15, 0.2) is 36.0 Å². The summed E-state index contributed by atoms with van der Waals surface area (Å²) in [5.41, 5.74) is 4.32. The molecule has 0 bridgehead atoms. The molecular formula is C19H21N3O2. The van der Waals surface area contributed by atoms with Crippen LogP contribution in [0.3, 0.4) is 0 Å². The number of hydrogen-bond acceptors (Lipinski definition) is 2. The second-order valence-electron chi connectivity index (χ2n) is 6.02. The molecule has 0 aliphatic carbocycles. The molecule has 124 valence electrons. The van der Waals surface area contributed by atoms with E-state index in [0.717, 1.165) is 28.0 Å². The monoisotopic (exact) mass is 323 g/mol. The van der Waals surface area contributed by atoms with Crippen molar-refractivity contribution in [1.82, 2.24) is 14.3 Å². The van der Waals surface area contributed by atoms with Crippen LogP contribution in [0, 0.1) is 13.8 Å². The van der Waals surface area contributed by atoms with Gasteiger partial charge in [0.2, 0.25) is 0 Å². The predicted octanol–water partition coefficient (Wildman–Crippen LogP) is 3.86. The molecule has 1 N–H and O–H groups in total. The molecule has 0 unspecified atom stereocenters. The maximum atomic E-state index is 11.4. The summed E-state index contributed by atoms with van der Waals surface area (Å²) in [6.45, 7) is 5.82. The quantitative estimate of drug-likeness (QED) is 0.742. The van der Waals surface area contributed by atoms with Gasteiger partial charge in [0.05, 0.1) is 11.2 Å². The van der Waals surface area contributed by atoms with E-state index in [4.69, 9.17) is 0 Å². The molecule has 0 aliphatic rings. The van der Waals surface area contributed by atoms with Gasteiger partial charge in [0.1, 0.15) is 5.82 Å². The molecule has 24 heavy (non-hydrogen) atoms. The standard InChI is InChI=1S/C19H21N3O2/c1-5-14(19(23)24)11-16-13(3)20-21(4)18(16)22-9-8-15-10-12(2)6-7-17(15)22/h6-11H,5H2,1-4H3,(H,23,24)/b14-11+. The molecule has 0 atom stereocenters. The number of fused-ring (bicyclic) bond motifs is 1. The summed E-state index contributed by atoms with van der Waals surface area (Å²) in [4.78, 5) is 11.4. The number of benzene rings is 1. The van der Waals surface area contributed by atoms with E-state index in [2.05, 4.69) is 40.9 Å². The highest BCUT2D eigenvalue weighted by Gasteiger charge is 2.17. The number of rotatable bonds is 4. The average Bonchev–Trinajstić information content (AvgIpc) is 3.04. The lowest BCUT2D eigenvalue weighted by Crippen LogP contribution is -2.04. The fraction of sp³-hybridized carbons (Fsp3) is 0.263. The summed E-state index contributed by atoms with van der Waals surface area (Å²) in [5.74, 6) is -0.0155. The molecule has 1 aromatic carbocycles. The minimum Gasteiger partial charge on any atom is -0.478 e. The van der Waals surface area contributed by atoms with E-state index in [1.807, 2.05) is 27.1 Å². The van der Waals surface area contributed by atoms with Gasteiger partial charge in [-0.1, -0.05) is 18.6 Å². The van der Waals surface area contributed by atoms with E-state index in [9.17, 15) is 9.90 Å². The van der Waals surface area contributed by atoms with E-state index in [0.29, 0.717) is 12.0 Å². The number of aliphatic carboxylic acids is 1. The van der Waals surface area contributed by atoms with E-state index in [-0.39, 0.29) is 0 Å². The molecule has 0 radical (unpaired) electrons. The third-order valence-corrected chi connectivity index (χ3v) is 4.29. The Bertz CT molecular complexity index is 961. The van der Waals surface area contributed by atoms with Gasteiger partial charge in [0.15, 0.2) is 0 Å². The topological polar surface area (TPSA) is 60.0 Å². The lowest BCUT2D eigenvalue weighted by atomic mass is 10.1. The van der Waals surface area contributed by atoms with Crippen LogP contribution in [0.1, 0.15) is 30.2 Å². The number of aromatic nitrogens is 3. The van der Waals surface area contributed by atoms with Gasteiger partial charge < -0.3 is 9.67 Å². The van der Waals surface area contributed by atoms with E-state index >= 15 is 0 Å². The molecule has 2 aromatic heterocycles. The van der Waals surface area contributed by atoms with Crippen molar-refractivity contribution in [3.63, 3.8) is 0 Å². The molecule has 0 saturated carbocycles. The number of aryl methyl sites for hydroxylation is 3. The van der Waals surface area contributed by atoms with Gasteiger partial charge in [-0.05, 0) is 44.5 Å². The molecule has 0 amide bonds. The molecule has 2 heterocycles. The summed E-state index contributed by atoms with van der Waals surface area (Å²) in [5, 5.41) is 15.0. The van der Waals surface area contributed by atoms with Crippen LogP contribution >= 0.6 is 0 Å². The van der Waals surface area contributed by atoms with Crippen molar-refractivity contribution in [2.75, 3.05) is 0 Å². The van der Waals surface area contributed by atoms with Crippen LogP contribution in [0.5, 0.6) is 0 Å². The number of carboxylic acids is 1. The van der Waals surface area contributed by atoms with Gasteiger partial charge >= 0.3 is 5.97 Å². The Morgan fingerprint density at radius 1 is 1.29 bits per heavy atom. The van der Waals surface area contributed by atoms with Crippen molar-refractivity contribution in [3.8, 4) is 5.82 Å². The molecule has 3 rings (SSSR count). The van der Waals surface area contributed by atoms with Crippen LogP contribution in [-0.4, -0.2) is 25.4 Å². The van der Waals surface area contributed by atoms with Gasteiger partial charge in [-0.25, -0.2) is 4.79 Å². The summed E-state index contributed by atoms with van der Waals surface area (Å²) < 4.78 is 3.87. The Labute approximate surface area is 140 Å². The highest BCUT2D eigenvalue weighted by molar-refractivity contribution is 5.93. The Morgan fingerprint density at radius 2 is 2.04 bits per heavy atom. The molecule has 0 fully saturated rings. The second-order valence-corrected chi connectivity index (χ2v) is 6.02. The molecule has 5 heteroatoms. The second kappa shape index (κ2) is 6.00. The third-order valence-electron chi connectivity index (χ3n) is 4.29. The van der Waals surface area contributed by atoms with Crippen molar-refractivity contribution < 1.29 is 9.90 Å². The Balaban J connectivity index is 2.26. The predicted molar refractivity (Wildman–Crippen MR) is 95.4 cm³/mol. The van der Waals surface area contributed by atoms with Gasteiger partial charge in [-0.15, -0.1) is 0 Å². The van der Waals surface area contributed by atoms with E-state index < -0.39 is 5.97 Å². The third kappa shape index (κ3) is 2.62. The zero-order chi connectivity index (χ0) is 17.4. The minimum atomic E-state index is -0.889. The molecule has 5 nitrogen and oxygen atoms in total. The first-order valence-corrected chi connectivity index (χ1v) is 7.98. The molecular weight excluding hydrogens is 302 g/mol. The van der Waals surface area contributed by atoms with Crippen molar-refractivity contribution in [2.45, 2.75) is 27.2 Å².